The Morgan fingerprint density at radius 2 is 1.54 bits per heavy atom. The molecule has 41 heavy (non-hydrogen) atoms. The normalized spacial score (nSPS) is 14.0. The molecule has 5 rings (SSSR count). The lowest BCUT2D eigenvalue weighted by molar-refractivity contribution is -0.113. The van der Waals surface area contributed by atoms with E-state index in [9.17, 15) is 9.59 Å². The molecule has 10 nitrogen and oxygen atoms in total. The Balaban J connectivity index is 1.58. The molecule has 1 aromatic heterocycles. The predicted octanol–water partition coefficient (Wildman–Crippen LogP) is 5.40. The maximum absolute atomic E-state index is 13.9. The lowest BCUT2D eigenvalue weighted by atomic mass is 9.94. The maximum Gasteiger partial charge on any atom is 0.261 e. The largest absolute Gasteiger partial charge is 0.495 e. The number of para-hydroxylation sites is 2. The first kappa shape index (κ1) is 27.3. The molecule has 0 unspecified atom stereocenters. The van der Waals surface area contributed by atoms with Crippen LogP contribution in [0.5, 0.6) is 17.2 Å². The summed E-state index contributed by atoms with van der Waals surface area (Å²) in [6, 6.07) is 19.4. The van der Waals surface area contributed by atoms with Crippen LogP contribution in [0.1, 0.15) is 34.5 Å². The molecule has 0 radical (unpaired) electrons. The van der Waals surface area contributed by atoms with Crippen molar-refractivity contribution >= 4 is 29.0 Å². The lowest BCUT2D eigenvalue weighted by Crippen LogP contribution is -2.32. The standard InChI is InChI=1S/C31H31N5O5/c1-18-10-13-21(14-11-18)34-30(37)22-17-32-36-28(20-12-15-25(40-4)26(16-20)41-5)27(19(2)33-29(22)36)31(38)35-23-8-6-7-9-24(23)39-3/h6-17,28,33H,1-5H3,(H,34,37)(H,35,38)/t28-/m1/s1. The number of ether oxygens (including phenoxy) is 3. The molecule has 2 heterocycles. The summed E-state index contributed by atoms with van der Waals surface area (Å²) in [5.74, 6) is 1.34. The highest BCUT2D eigenvalue weighted by molar-refractivity contribution is 6.09. The van der Waals surface area contributed by atoms with Gasteiger partial charge in [0.15, 0.2) is 11.5 Å². The van der Waals surface area contributed by atoms with E-state index in [4.69, 9.17) is 14.2 Å². The number of benzene rings is 3. The molecular weight excluding hydrogens is 522 g/mol. The minimum Gasteiger partial charge on any atom is -0.495 e. The Morgan fingerprint density at radius 1 is 0.829 bits per heavy atom. The number of fused-ring (bicyclic) bond motifs is 1. The van der Waals surface area contributed by atoms with Crippen molar-refractivity contribution in [1.29, 1.82) is 0 Å². The number of nitrogens with zero attached hydrogens (tertiary/aromatic N) is 2. The van der Waals surface area contributed by atoms with Crippen molar-refractivity contribution in [2.75, 3.05) is 37.3 Å². The molecule has 210 valence electrons. The Labute approximate surface area is 237 Å². The number of nitrogens with one attached hydrogen (secondary N) is 3. The zero-order valence-corrected chi connectivity index (χ0v) is 23.4. The first-order valence-corrected chi connectivity index (χ1v) is 12.9. The van der Waals surface area contributed by atoms with Gasteiger partial charge < -0.3 is 30.2 Å². The van der Waals surface area contributed by atoms with Gasteiger partial charge in [-0.05, 0) is 55.8 Å². The van der Waals surface area contributed by atoms with Crippen molar-refractivity contribution in [3.05, 3.63) is 101 Å². The molecule has 2 amide bonds. The zero-order chi connectivity index (χ0) is 29.1. The first-order valence-electron chi connectivity index (χ1n) is 12.9. The van der Waals surface area contributed by atoms with Crippen LogP contribution in [0.15, 0.2) is 84.2 Å². The monoisotopic (exact) mass is 553 g/mol. The molecule has 0 fully saturated rings. The third kappa shape index (κ3) is 5.31. The van der Waals surface area contributed by atoms with Crippen molar-refractivity contribution in [2.45, 2.75) is 19.9 Å². The van der Waals surface area contributed by atoms with Crippen LogP contribution >= 0.6 is 0 Å². The number of hydrogen-bond donors (Lipinski definition) is 3. The Morgan fingerprint density at radius 3 is 2.24 bits per heavy atom. The summed E-state index contributed by atoms with van der Waals surface area (Å²) in [6.45, 7) is 3.78. The van der Waals surface area contributed by atoms with Crippen molar-refractivity contribution in [3.8, 4) is 17.2 Å². The smallest absolute Gasteiger partial charge is 0.261 e. The van der Waals surface area contributed by atoms with Crippen LogP contribution in [0.2, 0.25) is 0 Å². The minimum absolute atomic E-state index is 0.330. The summed E-state index contributed by atoms with van der Waals surface area (Å²) < 4.78 is 18.0. The summed E-state index contributed by atoms with van der Waals surface area (Å²) in [4.78, 5) is 27.2. The summed E-state index contributed by atoms with van der Waals surface area (Å²) in [5, 5.41) is 13.7. The summed E-state index contributed by atoms with van der Waals surface area (Å²) in [6.07, 6.45) is 1.49. The fraction of sp³-hybridized carbons (Fsp3) is 0.194. The van der Waals surface area contributed by atoms with E-state index >= 15 is 0 Å². The van der Waals surface area contributed by atoms with E-state index in [0.29, 0.717) is 56.8 Å². The van der Waals surface area contributed by atoms with E-state index in [1.165, 1.54) is 6.20 Å². The molecular formula is C31H31N5O5. The molecule has 1 atom stereocenters. The number of methoxy groups -OCH3 is 3. The van der Waals surface area contributed by atoms with Crippen LogP contribution in [0.25, 0.3) is 0 Å². The van der Waals surface area contributed by atoms with Crippen molar-refractivity contribution < 1.29 is 23.8 Å². The maximum atomic E-state index is 13.9. The van der Waals surface area contributed by atoms with E-state index in [2.05, 4.69) is 21.0 Å². The average molecular weight is 554 g/mol. The fourth-order valence-electron chi connectivity index (χ4n) is 4.82. The van der Waals surface area contributed by atoms with Gasteiger partial charge >= 0.3 is 0 Å². The van der Waals surface area contributed by atoms with Crippen molar-refractivity contribution in [2.24, 2.45) is 0 Å². The van der Waals surface area contributed by atoms with Gasteiger partial charge in [0.05, 0.1) is 38.8 Å². The van der Waals surface area contributed by atoms with Crippen LogP contribution in [-0.4, -0.2) is 42.9 Å². The van der Waals surface area contributed by atoms with Gasteiger partial charge in [-0.2, -0.15) is 5.10 Å². The summed E-state index contributed by atoms with van der Waals surface area (Å²) in [5.41, 5.74) is 4.29. The Bertz CT molecular complexity index is 1640. The third-order valence-electron chi connectivity index (χ3n) is 6.90. The van der Waals surface area contributed by atoms with Gasteiger partial charge in [0.2, 0.25) is 0 Å². The number of carbonyl (C=O) groups is 2. The topological polar surface area (TPSA) is 116 Å². The lowest BCUT2D eigenvalue weighted by Gasteiger charge is -2.30. The van der Waals surface area contributed by atoms with Crippen LogP contribution in [0.4, 0.5) is 17.2 Å². The fourth-order valence-corrected chi connectivity index (χ4v) is 4.82. The van der Waals surface area contributed by atoms with Gasteiger partial charge in [-0.15, -0.1) is 0 Å². The average Bonchev–Trinajstić information content (AvgIpc) is 3.41. The number of allylic oxidation sites excluding steroid dienone is 1. The van der Waals surface area contributed by atoms with Gasteiger partial charge in [-0.1, -0.05) is 35.9 Å². The molecule has 0 bridgehead atoms. The number of aromatic nitrogens is 2. The van der Waals surface area contributed by atoms with E-state index in [-0.39, 0.29) is 11.8 Å². The van der Waals surface area contributed by atoms with E-state index in [1.807, 2.05) is 49.4 Å². The predicted molar refractivity (Wildman–Crippen MR) is 157 cm³/mol. The SMILES string of the molecule is COc1ccccc1NC(=O)C1=C(C)Nc2c(C(=O)Nc3ccc(C)cc3)cnn2[C@@H]1c1ccc(OC)c(OC)c1. The van der Waals surface area contributed by atoms with Gasteiger partial charge in [-0.25, -0.2) is 4.68 Å². The van der Waals surface area contributed by atoms with Crippen LogP contribution in [0.3, 0.4) is 0 Å². The molecule has 4 aromatic rings. The molecule has 3 aromatic carbocycles. The number of hydrogen-bond acceptors (Lipinski definition) is 7. The van der Waals surface area contributed by atoms with Crippen LogP contribution in [-0.2, 0) is 4.79 Å². The van der Waals surface area contributed by atoms with E-state index < -0.39 is 6.04 Å². The molecule has 10 heteroatoms. The Kier molecular flexibility index (Phi) is 7.64. The zero-order valence-electron chi connectivity index (χ0n) is 23.4. The van der Waals surface area contributed by atoms with Gasteiger partial charge in [-0.3, -0.25) is 9.59 Å². The quantitative estimate of drug-likeness (QED) is 0.268. The number of carbonyl (C=O) groups excluding carboxylic acids is 2. The van der Waals surface area contributed by atoms with Gasteiger partial charge in [0.1, 0.15) is 23.2 Å². The number of anilines is 3. The second-order valence-corrected chi connectivity index (χ2v) is 9.51. The van der Waals surface area contributed by atoms with Crippen LogP contribution < -0.4 is 30.2 Å². The number of amides is 2. The second-order valence-electron chi connectivity index (χ2n) is 9.51. The highest BCUT2D eigenvalue weighted by Crippen LogP contribution is 2.41. The van der Waals surface area contributed by atoms with Crippen molar-refractivity contribution in [1.82, 2.24) is 9.78 Å². The molecule has 1 aliphatic rings. The second kappa shape index (κ2) is 11.5. The van der Waals surface area contributed by atoms with E-state index in [1.54, 1.807) is 57.2 Å². The van der Waals surface area contributed by atoms with Crippen molar-refractivity contribution in [3.63, 3.8) is 0 Å². The number of rotatable bonds is 8. The van der Waals surface area contributed by atoms with Gasteiger partial charge in [0.25, 0.3) is 11.8 Å². The highest BCUT2D eigenvalue weighted by atomic mass is 16.5. The molecule has 0 aliphatic carbocycles. The number of aryl methyl sites for hydroxylation is 1. The molecule has 0 saturated carbocycles. The van der Waals surface area contributed by atoms with E-state index in [0.717, 1.165) is 5.56 Å². The first-order chi connectivity index (χ1) is 19.8. The summed E-state index contributed by atoms with van der Waals surface area (Å²) >= 11 is 0. The highest BCUT2D eigenvalue weighted by Gasteiger charge is 2.36. The minimum atomic E-state index is -0.693. The molecule has 0 saturated heterocycles. The molecule has 1 aliphatic heterocycles. The summed E-state index contributed by atoms with van der Waals surface area (Å²) in [7, 11) is 4.65. The molecule has 3 N–H and O–H groups in total. The molecule has 0 spiro atoms. The third-order valence-corrected chi connectivity index (χ3v) is 6.90. The van der Waals surface area contributed by atoms with Gasteiger partial charge in [0, 0.05) is 11.4 Å². The van der Waals surface area contributed by atoms with Crippen LogP contribution in [0, 0.1) is 6.92 Å². The Hall–Kier alpha value is -5.25.